The number of hydrogen-bond donors (Lipinski definition) is 0. The summed E-state index contributed by atoms with van der Waals surface area (Å²) in [7, 11) is 0. The molecule has 1 aliphatic carbocycles. The van der Waals surface area contributed by atoms with Gasteiger partial charge in [0.1, 0.15) is 0 Å². The molecule has 0 saturated heterocycles. The molecular weight excluding hydrogens is 338 g/mol. The molecule has 0 heterocycles. The number of fused-ring (bicyclic) bond motifs is 1. The van der Waals surface area contributed by atoms with Gasteiger partial charge in [0.2, 0.25) is 0 Å². The fourth-order valence-corrected chi connectivity index (χ4v) is 4.44. The van der Waals surface area contributed by atoms with Crippen molar-refractivity contribution in [1.29, 1.82) is 0 Å². The van der Waals surface area contributed by atoms with Crippen molar-refractivity contribution >= 4 is 28.2 Å². The van der Waals surface area contributed by atoms with E-state index in [1.165, 1.54) is 55.3 Å². The molecule has 0 fully saturated rings. The highest BCUT2D eigenvalue weighted by Gasteiger charge is 2.16. The summed E-state index contributed by atoms with van der Waals surface area (Å²) in [6.45, 7) is 10.9. The van der Waals surface area contributed by atoms with E-state index in [9.17, 15) is 0 Å². The molecule has 1 heteroatoms. The van der Waals surface area contributed by atoms with E-state index in [1.54, 1.807) is 0 Å². The molecule has 0 saturated carbocycles. The van der Waals surface area contributed by atoms with Crippen LogP contribution in [0.2, 0.25) is 0 Å². The van der Waals surface area contributed by atoms with Crippen molar-refractivity contribution in [3.8, 4) is 0 Å². The minimum Gasteiger partial charge on any atom is -0.256 e. The van der Waals surface area contributed by atoms with Crippen LogP contribution in [0.5, 0.6) is 0 Å². The molecule has 28 heavy (non-hydrogen) atoms. The Morgan fingerprint density at radius 3 is 2.25 bits per heavy atom. The number of rotatable bonds is 3. The van der Waals surface area contributed by atoms with Crippen LogP contribution in [0.25, 0.3) is 16.3 Å². The highest BCUT2D eigenvalue weighted by Crippen LogP contribution is 2.37. The Hall–Kier alpha value is -2.93. The summed E-state index contributed by atoms with van der Waals surface area (Å²) in [6.07, 6.45) is 5.41. The maximum Gasteiger partial charge on any atom is 0.0688 e. The minimum atomic E-state index is 1.02. The normalized spacial score (nSPS) is 14.4. The second kappa shape index (κ2) is 7.24. The van der Waals surface area contributed by atoms with Gasteiger partial charge in [0.25, 0.3) is 0 Å². The molecule has 0 aromatic heterocycles. The molecule has 1 aliphatic rings. The Morgan fingerprint density at radius 2 is 1.57 bits per heavy atom. The number of aryl methyl sites for hydroxylation is 3. The standard InChI is InChI=1S/C27H27N/c1-17-13-20(4)27(21(5)14-17)28-16-26-23-9-7-6-8-22(23)10-11-24(26)25-15-18(2)12-19(25)3/h6-14,16H,15H2,1-5H3/b28-16+. The minimum absolute atomic E-state index is 1.02. The zero-order chi connectivity index (χ0) is 19.8. The molecule has 0 atom stereocenters. The molecule has 0 unspecified atom stereocenters. The molecule has 0 radical (unpaired) electrons. The Morgan fingerprint density at radius 1 is 0.857 bits per heavy atom. The Bertz CT molecular complexity index is 1150. The monoisotopic (exact) mass is 365 g/mol. The molecule has 0 aliphatic heterocycles. The number of aliphatic imine (C=N–C) groups is 1. The van der Waals surface area contributed by atoms with Crippen LogP contribution in [0.4, 0.5) is 5.69 Å². The summed E-state index contributed by atoms with van der Waals surface area (Å²) in [5.41, 5.74) is 11.5. The topological polar surface area (TPSA) is 12.4 Å². The van der Waals surface area contributed by atoms with Crippen molar-refractivity contribution < 1.29 is 0 Å². The first-order valence-corrected chi connectivity index (χ1v) is 9.95. The second-order valence-corrected chi connectivity index (χ2v) is 8.08. The van der Waals surface area contributed by atoms with Crippen molar-refractivity contribution in [3.05, 3.63) is 93.6 Å². The van der Waals surface area contributed by atoms with Crippen LogP contribution in [0.15, 0.2) is 70.7 Å². The number of allylic oxidation sites excluding steroid dienone is 4. The van der Waals surface area contributed by atoms with Crippen molar-refractivity contribution in [1.82, 2.24) is 0 Å². The molecule has 3 aromatic carbocycles. The van der Waals surface area contributed by atoms with E-state index in [0.29, 0.717) is 0 Å². The lowest BCUT2D eigenvalue weighted by atomic mass is 9.92. The smallest absolute Gasteiger partial charge is 0.0688 e. The van der Waals surface area contributed by atoms with E-state index in [0.717, 1.165) is 12.1 Å². The van der Waals surface area contributed by atoms with Gasteiger partial charge in [-0.05, 0) is 79.6 Å². The van der Waals surface area contributed by atoms with Crippen molar-refractivity contribution in [2.75, 3.05) is 0 Å². The third kappa shape index (κ3) is 3.33. The third-order valence-corrected chi connectivity index (χ3v) is 5.65. The zero-order valence-electron chi connectivity index (χ0n) is 17.4. The Labute approximate surface area is 168 Å². The van der Waals surface area contributed by atoms with Gasteiger partial charge in [0.05, 0.1) is 5.69 Å². The molecule has 0 bridgehead atoms. The first kappa shape index (κ1) is 18.4. The fraction of sp³-hybridized carbons (Fsp3) is 0.222. The maximum atomic E-state index is 4.98. The first-order valence-electron chi connectivity index (χ1n) is 9.95. The average Bonchev–Trinajstić information content (AvgIpc) is 2.98. The lowest BCUT2D eigenvalue weighted by molar-refractivity contribution is 1.26. The molecule has 4 rings (SSSR count). The lowest BCUT2D eigenvalue weighted by Crippen LogP contribution is -1.96. The van der Waals surface area contributed by atoms with E-state index < -0.39 is 0 Å². The van der Waals surface area contributed by atoms with E-state index >= 15 is 0 Å². The predicted molar refractivity (Wildman–Crippen MR) is 123 cm³/mol. The van der Waals surface area contributed by atoms with Gasteiger partial charge in [0, 0.05) is 11.8 Å². The van der Waals surface area contributed by atoms with Gasteiger partial charge in [-0.25, -0.2) is 0 Å². The van der Waals surface area contributed by atoms with Gasteiger partial charge in [-0.15, -0.1) is 0 Å². The SMILES string of the molecule is CC1=CC(C)=C(c2ccc3ccccc3c2/C=N/c2c(C)cc(C)cc2C)C1. The van der Waals surface area contributed by atoms with E-state index in [2.05, 4.69) is 95.4 Å². The summed E-state index contributed by atoms with van der Waals surface area (Å²) in [4.78, 5) is 4.98. The third-order valence-electron chi connectivity index (χ3n) is 5.65. The van der Waals surface area contributed by atoms with Crippen LogP contribution >= 0.6 is 0 Å². The van der Waals surface area contributed by atoms with Gasteiger partial charge < -0.3 is 0 Å². The summed E-state index contributed by atoms with van der Waals surface area (Å²) in [6, 6.07) is 17.5. The van der Waals surface area contributed by atoms with Gasteiger partial charge in [-0.1, -0.05) is 65.7 Å². The zero-order valence-corrected chi connectivity index (χ0v) is 17.4. The molecule has 0 spiro atoms. The quantitative estimate of drug-likeness (QED) is 0.423. The Balaban J connectivity index is 1.91. The van der Waals surface area contributed by atoms with Gasteiger partial charge in [-0.3, -0.25) is 4.99 Å². The van der Waals surface area contributed by atoms with Crippen LogP contribution in [-0.2, 0) is 0 Å². The number of hydrogen-bond acceptors (Lipinski definition) is 1. The summed E-state index contributed by atoms with van der Waals surface area (Å²) in [5, 5.41) is 2.52. The van der Waals surface area contributed by atoms with Crippen molar-refractivity contribution in [2.24, 2.45) is 4.99 Å². The molecule has 3 aromatic rings. The fourth-order valence-electron chi connectivity index (χ4n) is 4.44. The summed E-state index contributed by atoms with van der Waals surface area (Å²) in [5.74, 6) is 0. The van der Waals surface area contributed by atoms with Crippen LogP contribution < -0.4 is 0 Å². The highest BCUT2D eigenvalue weighted by atomic mass is 14.7. The second-order valence-electron chi connectivity index (χ2n) is 8.08. The summed E-state index contributed by atoms with van der Waals surface area (Å²) < 4.78 is 0. The molecule has 140 valence electrons. The average molecular weight is 366 g/mol. The molecule has 0 N–H and O–H groups in total. The van der Waals surface area contributed by atoms with Crippen LogP contribution in [0.3, 0.4) is 0 Å². The maximum absolute atomic E-state index is 4.98. The molecule has 1 nitrogen and oxygen atoms in total. The predicted octanol–water partition coefficient (Wildman–Crippen LogP) is 7.64. The van der Waals surface area contributed by atoms with Gasteiger partial charge in [-0.2, -0.15) is 0 Å². The Kier molecular flexibility index (Phi) is 4.77. The van der Waals surface area contributed by atoms with Gasteiger partial charge in [0.15, 0.2) is 0 Å². The van der Waals surface area contributed by atoms with Crippen LogP contribution in [0, 0.1) is 20.8 Å². The van der Waals surface area contributed by atoms with E-state index in [1.807, 2.05) is 0 Å². The van der Waals surface area contributed by atoms with E-state index in [4.69, 9.17) is 4.99 Å². The largest absolute Gasteiger partial charge is 0.256 e. The van der Waals surface area contributed by atoms with Crippen molar-refractivity contribution in [3.63, 3.8) is 0 Å². The van der Waals surface area contributed by atoms with Crippen LogP contribution in [-0.4, -0.2) is 6.21 Å². The van der Waals surface area contributed by atoms with Crippen LogP contribution in [0.1, 0.15) is 48.1 Å². The number of nitrogens with zero attached hydrogens (tertiary/aromatic N) is 1. The lowest BCUT2D eigenvalue weighted by Gasteiger charge is -2.13. The number of benzene rings is 3. The molecule has 0 amide bonds. The van der Waals surface area contributed by atoms with Crippen molar-refractivity contribution in [2.45, 2.75) is 41.0 Å². The summed E-state index contributed by atoms with van der Waals surface area (Å²) >= 11 is 0. The van der Waals surface area contributed by atoms with E-state index in [-0.39, 0.29) is 0 Å². The first-order chi connectivity index (χ1) is 13.4. The highest BCUT2D eigenvalue weighted by molar-refractivity contribution is 6.05. The molecular formula is C27H27N. The van der Waals surface area contributed by atoms with Gasteiger partial charge >= 0.3 is 0 Å².